The van der Waals surface area contributed by atoms with Gasteiger partial charge in [0, 0.05) is 4.88 Å². The zero-order valence-corrected chi connectivity index (χ0v) is 13.4. The lowest BCUT2D eigenvalue weighted by molar-refractivity contribution is -0.130. The van der Waals surface area contributed by atoms with E-state index in [0.29, 0.717) is 14.8 Å². The Labute approximate surface area is 136 Å². The standard InChI is InChI=1S/C15H13ClO5S/c1-20-10-6-8(7-11(21-2)14(10)17)5-9(15(18)19)12-3-4-13(16)22-12/h3-7,17H,1-2H3,(H,18,19)/b9-5-. The van der Waals surface area contributed by atoms with Gasteiger partial charge in [-0.1, -0.05) is 11.6 Å². The number of carboxylic acids is 1. The van der Waals surface area contributed by atoms with E-state index in [1.807, 2.05) is 0 Å². The molecule has 0 saturated carbocycles. The molecule has 0 bridgehead atoms. The number of rotatable bonds is 5. The maximum Gasteiger partial charge on any atom is 0.337 e. The van der Waals surface area contributed by atoms with Gasteiger partial charge in [-0.25, -0.2) is 4.79 Å². The number of benzene rings is 1. The van der Waals surface area contributed by atoms with E-state index in [9.17, 15) is 15.0 Å². The molecule has 2 N–H and O–H groups in total. The van der Waals surface area contributed by atoms with Crippen molar-refractivity contribution in [2.45, 2.75) is 0 Å². The third-order valence-electron chi connectivity index (χ3n) is 2.88. The van der Waals surface area contributed by atoms with Crippen LogP contribution in [0, 0.1) is 0 Å². The van der Waals surface area contributed by atoms with Crippen molar-refractivity contribution in [3.63, 3.8) is 0 Å². The lowest BCUT2D eigenvalue weighted by atomic mass is 10.1. The SMILES string of the molecule is COc1cc(/C=C(\C(=O)O)c2ccc(Cl)s2)cc(OC)c1O. The summed E-state index contributed by atoms with van der Waals surface area (Å²) in [6.45, 7) is 0. The molecule has 0 aliphatic carbocycles. The molecule has 1 aromatic carbocycles. The number of methoxy groups -OCH3 is 2. The van der Waals surface area contributed by atoms with Crippen LogP contribution >= 0.6 is 22.9 Å². The van der Waals surface area contributed by atoms with Crippen LogP contribution in [-0.4, -0.2) is 30.4 Å². The fourth-order valence-corrected chi connectivity index (χ4v) is 2.91. The van der Waals surface area contributed by atoms with Gasteiger partial charge >= 0.3 is 5.97 Å². The Morgan fingerprint density at radius 2 is 1.82 bits per heavy atom. The first-order valence-corrected chi connectivity index (χ1v) is 7.31. The first-order valence-electron chi connectivity index (χ1n) is 6.12. The summed E-state index contributed by atoms with van der Waals surface area (Å²) < 4.78 is 10.6. The highest BCUT2D eigenvalue weighted by Crippen LogP contribution is 2.38. The average Bonchev–Trinajstić information content (AvgIpc) is 2.91. The zero-order valence-electron chi connectivity index (χ0n) is 11.8. The van der Waals surface area contributed by atoms with Gasteiger partial charge in [0.15, 0.2) is 11.5 Å². The van der Waals surface area contributed by atoms with Crippen LogP contribution in [0.15, 0.2) is 24.3 Å². The number of aromatic hydroxyl groups is 1. The number of hydrogen-bond donors (Lipinski definition) is 2. The highest BCUT2D eigenvalue weighted by molar-refractivity contribution is 7.17. The number of hydrogen-bond acceptors (Lipinski definition) is 5. The molecule has 0 amide bonds. The summed E-state index contributed by atoms with van der Waals surface area (Å²) in [5.41, 5.74) is 0.611. The Morgan fingerprint density at radius 3 is 2.23 bits per heavy atom. The minimum Gasteiger partial charge on any atom is -0.502 e. The summed E-state index contributed by atoms with van der Waals surface area (Å²) in [5, 5.41) is 19.3. The van der Waals surface area contributed by atoms with Crippen LogP contribution < -0.4 is 9.47 Å². The molecule has 1 heterocycles. The van der Waals surface area contributed by atoms with Crippen molar-refractivity contribution in [1.82, 2.24) is 0 Å². The lowest BCUT2D eigenvalue weighted by Crippen LogP contribution is -1.98. The predicted octanol–water partition coefficient (Wildman–Crippen LogP) is 3.75. The van der Waals surface area contributed by atoms with E-state index in [0.717, 1.165) is 0 Å². The maximum atomic E-state index is 11.5. The van der Waals surface area contributed by atoms with E-state index < -0.39 is 5.97 Å². The first kappa shape index (κ1) is 16.2. The minimum absolute atomic E-state index is 0.0895. The third-order valence-corrected chi connectivity index (χ3v) is 4.15. The van der Waals surface area contributed by atoms with Crippen molar-refractivity contribution < 1.29 is 24.5 Å². The number of carbonyl (C=O) groups is 1. The molecule has 0 unspecified atom stereocenters. The van der Waals surface area contributed by atoms with Crippen LogP contribution in [0.25, 0.3) is 11.6 Å². The normalized spacial score (nSPS) is 11.3. The first-order chi connectivity index (χ1) is 10.5. The Morgan fingerprint density at radius 1 is 1.23 bits per heavy atom. The summed E-state index contributed by atoms with van der Waals surface area (Å²) in [7, 11) is 2.80. The molecule has 22 heavy (non-hydrogen) atoms. The largest absolute Gasteiger partial charge is 0.502 e. The number of halogens is 1. The van der Waals surface area contributed by atoms with Crippen LogP contribution in [0.3, 0.4) is 0 Å². The van der Waals surface area contributed by atoms with E-state index in [2.05, 4.69) is 0 Å². The maximum absolute atomic E-state index is 11.5. The zero-order chi connectivity index (χ0) is 16.3. The van der Waals surface area contributed by atoms with Gasteiger partial charge in [-0.05, 0) is 35.9 Å². The van der Waals surface area contributed by atoms with Gasteiger partial charge in [-0.2, -0.15) is 0 Å². The topological polar surface area (TPSA) is 76.0 Å². The molecule has 1 aromatic heterocycles. The van der Waals surface area contributed by atoms with Crippen molar-refractivity contribution in [2.24, 2.45) is 0 Å². The average molecular weight is 341 g/mol. The second-order valence-electron chi connectivity index (χ2n) is 4.24. The fourth-order valence-electron chi connectivity index (χ4n) is 1.86. The summed E-state index contributed by atoms with van der Waals surface area (Å²) in [6, 6.07) is 6.32. The number of thiophene rings is 1. The molecular weight excluding hydrogens is 328 g/mol. The van der Waals surface area contributed by atoms with E-state index >= 15 is 0 Å². The lowest BCUT2D eigenvalue weighted by Gasteiger charge is -2.10. The molecule has 0 saturated heterocycles. The van der Waals surface area contributed by atoms with Crippen molar-refractivity contribution in [1.29, 1.82) is 0 Å². The predicted molar refractivity (Wildman–Crippen MR) is 86.0 cm³/mol. The molecule has 7 heteroatoms. The van der Waals surface area contributed by atoms with Crippen molar-refractivity contribution >= 4 is 40.6 Å². The van der Waals surface area contributed by atoms with Crippen molar-refractivity contribution in [3.05, 3.63) is 39.0 Å². The molecule has 2 rings (SSSR count). The highest BCUT2D eigenvalue weighted by atomic mass is 35.5. The Kier molecular flexibility index (Phi) is 4.95. The molecule has 0 fully saturated rings. The molecular formula is C15H13ClO5S. The number of carboxylic acid groups (broad SMARTS) is 1. The van der Waals surface area contributed by atoms with Gasteiger partial charge in [0.25, 0.3) is 0 Å². The third kappa shape index (κ3) is 3.35. The molecule has 116 valence electrons. The fraction of sp³-hybridized carbons (Fsp3) is 0.133. The van der Waals surface area contributed by atoms with Crippen molar-refractivity contribution in [2.75, 3.05) is 14.2 Å². The number of ether oxygens (including phenoxy) is 2. The Hall–Kier alpha value is -2.18. The van der Waals surface area contributed by atoms with E-state index in [1.165, 1.54) is 43.8 Å². The van der Waals surface area contributed by atoms with Crippen molar-refractivity contribution in [3.8, 4) is 17.2 Å². The van der Waals surface area contributed by atoms with Gasteiger partial charge in [0.05, 0.1) is 24.1 Å². The summed E-state index contributed by atoms with van der Waals surface area (Å²) in [4.78, 5) is 12.0. The highest BCUT2D eigenvalue weighted by Gasteiger charge is 2.15. The number of phenols is 1. The molecule has 2 aromatic rings. The summed E-state index contributed by atoms with van der Waals surface area (Å²) >= 11 is 7.02. The molecule has 0 aliphatic heterocycles. The van der Waals surface area contributed by atoms with Gasteiger partial charge in [0.1, 0.15) is 0 Å². The van der Waals surface area contributed by atoms with Gasteiger partial charge in [-0.15, -0.1) is 11.3 Å². The molecule has 0 radical (unpaired) electrons. The van der Waals surface area contributed by atoms with E-state index in [4.69, 9.17) is 21.1 Å². The van der Waals surface area contributed by atoms with Crippen LogP contribution in [0.5, 0.6) is 17.2 Å². The summed E-state index contributed by atoms with van der Waals surface area (Å²) in [5.74, 6) is -0.832. The summed E-state index contributed by atoms with van der Waals surface area (Å²) in [6.07, 6.45) is 1.47. The van der Waals surface area contributed by atoms with Crippen LogP contribution in [0.2, 0.25) is 4.34 Å². The molecule has 5 nitrogen and oxygen atoms in total. The minimum atomic E-state index is -1.08. The molecule has 0 atom stereocenters. The van der Waals surface area contributed by atoms with Gasteiger partial charge in [-0.3, -0.25) is 0 Å². The Bertz CT molecular complexity index is 710. The number of aliphatic carboxylic acids is 1. The Balaban J connectivity index is 2.55. The van der Waals surface area contributed by atoms with Gasteiger partial charge in [0.2, 0.25) is 5.75 Å². The monoisotopic (exact) mass is 340 g/mol. The molecule has 0 spiro atoms. The quantitative estimate of drug-likeness (QED) is 0.811. The number of phenolic OH excluding ortho intramolecular Hbond substituents is 1. The molecule has 0 aliphatic rings. The van der Waals surface area contributed by atoms with Crippen LogP contribution in [0.1, 0.15) is 10.4 Å². The van der Waals surface area contributed by atoms with E-state index in [1.54, 1.807) is 12.1 Å². The van der Waals surface area contributed by atoms with E-state index in [-0.39, 0.29) is 22.8 Å². The smallest absolute Gasteiger partial charge is 0.337 e. The second-order valence-corrected chi connectivity index (χ2v) is 5.96. The van der Waals surface area contributed by atoms with Gasteiger partial charge < -0.3 is 19.7 Å². The van der Waals surface area contributed by atoms with Crippen LogP contribution in [-0.2, 0) is 4.79 Å². The van der Waals surface area contributed by atoms with Crippen LogP contribution in [0.4, 0.5) is 0 Å². The second kappa shape index (κ2) is 6.72.